The van der Waals surface area contributed by atoms with Crippen molar-refractivity contribution in [1.29, 1.82) is 0 Å². The Morgan fingerprint density at radius 3 is 2.79 bits per heavy atom. The van der Waals surface area contributed by atoms with Gasteiger partial charge in [0.05, 0.1) is 6.20 Å². The van der Waals surface area contributed by atoms with Crippen LogP contribution in [0.5, 0.6) is 5.75 Å². The quantitative estimate of drug-likeness (QED) is 0.927. The highest BCUT2D eigenvalue weighted by atomic mass is 79.9. The summed E-state index contributed by atoms with van der Waals surface area (Å²) in [6.45, 7) is 2.78. The van der Waals surface area contributed by atoms with Crippen LogP contribution in [0.2, 0.25) is 5.15 Å². The molecule has 1 aromatic carbocycles. The molecule has 102 valence electrons. The third-order valence-corrected chi connectivity index (χ3v) is 3.72. The van der Waals surface area contributed by atoms with Crippen LogP contribution in [0.4, 0.5) is 0 Å². The normalized spacial score (nSPS) is 10.8. The number of imidazole rings is 1. The van der Waals surface area contributed by atoms with Gasteiger partial charge in [-0.25, -0.2) is 4.98 Å². The molecule has 0 unspecified atom stereocenters. The second-order valence-corrected chi connectivity index (χ2v) is 5.56. The maximum atomic E-state index is 5.94. The van der Waals surface area contributed by atoms with Crippen LogP contribution >= 0.6 is 27.5 Å². The van der Waals surface area contributed by atoms with Gasteiger partial charge in [-0.2, -0.15) is 0 Å². The van der Waals surface area contributed by atoms with E-state index in [0.717, 1.165) is 27.2 Å². The predicted octanol–water partition coefficient (Wildman–Crippen LogP) is 3.18. The van der Waals surface area contributed by atoms with E-state index in [1.165, 1.54) is 0 Å². The van der Waals surface area contributed by atoms with E-state index in [0.29, 0.717) is 18.3 Å². The van der Waals surface area contributed by atoms with E-state index >= 15 is 0 Å². The summed E-state index contributed by atoms with van der Waals surface area (Å²) in [4.78, 5) is 4.20. The fourth-order valence-electron chi connectivity index (χ4n) is 1.85. The molecule has 1 aromatic heterocycles. The molecule has 0 fully saturated rings. The van der Waals surface area contributed by atoms with E-state index in [4.69, 9.17) is 22.1 Å². The van der Waals surface area contributed by atoms with E-state index in [1.54, 1.807) is 10.8 Å². The Kier molecular flexibility index (Phi) is 4.50. The number of halogens is 2. The third kappa shape index (κ3) is 3.11. The zero-order chi connectivity index (χ0) is 14.0. The van der Waals surface area contributed by atoms with Crippen molar-refractivity contribution in [2.75, 3.05) is 0 Å². The fraction of sp³-hybridized carbons (Fsp3) is 0.308. The monoisotopic (exact) mass is 343 g/mol. The molecule has 1 heterocycles. The number of hydrogen-bond acceptors (Lipinski definition) is 3. The average Bonchev–Trinajstić information content (AvgIpc) is 2.68. The SMILES string of the molecule is Cc1cc(Br)cc(CN)c1OCc1ncc(Cl)n1C. The molecule has 2 N–H and O–H groups in total. The summed E-state index contributed by atoms with van der Waals surface area (Å²) in [5.74, 6) is 1.58. The van der Waals surface area contributed by atoms with Crippen molar-refractivity contribution in [3.63, 3.8) is 0 Å². The third-order valence-electron chi connectivity index (χ3n) is 2.91. The van der Waals surface area contributed by atoms with E-state index in [-0.39, 0.29) is 0 Å². The average molecular weight is 345 g/mol. The molecule has 0 atom stereocenters. The highest BCUT2D eigenvalue weighted by molar-refractivity contribution is 9.10. The largest absolute Gasteiger partial charge is 0.485 e. The van der Waals surface area contributed by atoms with Crippen molar-refractivity contribution in [2.24, 2.45) is 12.8 Å². The maximum absolute atomic E-state index is 5.94. The van der Waals surface area contributed by atoms with Crippen LogP contribution in [0.1, 0.15) is 17.0 Å². The van der Waals surface area contributed by atoms with Crippen molar-refractivity contribution < 1.29 is 4.74 Å². The van der Waals surface area contributed by atoms with Crippen molar-refractivity contribution >= 4 is 27.5 Å². The van der Waals surface area contributed by atoms with Gasteiger partial charge in [-0.15, -0.1) is 0 Å². The number of aryl methyl sites for hydroxylation is 1. The first-order valence-electron chi connectivity index (χ1n) is 5.81. The van der Waals surface area contributed by atoms with Gasteiger partial charge >= 0.3 is 0 Å². The van der Waals surface area contributed by atoms with Crippen LogP contribution in [0, 0.1) is 6.92 Å². The molecule has 4 nitrogen and oxygen atoms in total. The molecule has 0 aliphatic rings. The molecular formula is C13H15BrClN3O. The number of rotatable bonds is 4. The molecule has 0 amide bonds. The van der Waals surface area contributed by atoms with Gasteiger partial charge in [0.15, 0.2) is 0 Å². The summed E-state index contributed by atoms with van der Waals surface area (Å²) in [6, 6.07) is 3.97. The molecule has 2 aromatic rings. The molecule has 0 aliphatic carbocycles. The van der Waals surface area contributed by atoms with Crippen LogP contribution in [0.3, 0.4) is 0 Å². The first-order chi connectivity index (χ1) is 9.02. The summed E-state index contributed by atoms with van der Waals surface area (Å²) in [7, 11) is 1.85. The molecule has 0 aliphatic heterocycles. The Labute approximate surface area is 125 Å². The molecule has 0 saturated carbocycles. The van der Waals surface area contributed by atoms with E-state index < -0.39 is 0 Å². The van der Waals surface area contributed by atoms with Crippen LogP contribution < -0.4 is 10.5 Å². The van der Waals surface area contributed by atoms with Gasteiger partial charge in [0, 0.05) is 23.6 Å². The summed E-state index contributed by atoms with van der Waals surface area (Å²) < 4.78 is 8.64. The molecule has 0 bridgehead atoms. The molecule has 0 spiro atoms. The second kappa shape index (κ2) is 5.94. The Hall–Kier alpha value is -1.04. The summed E-state index contributed by atoms with van der Waals surface area (Å²) >= 11 is 9.39. The van der Waals surface area contributed by atoms with E-state index in [2.05, 4.69) is 20.9 Å². The Morgan fingerprint density at radius 2 is 2.21 bits per heavy atom. The van der Waals surface area contributed by atoms with Crippen LogP contribution in [-0.2, 0) is 20.2 Å². The van der Waals surface area contributed by atoms with Gasteiger partial charge in [-0.1, -0.05) is 27.5 Å². The lowest BCUT2D eigenvalue weighted by Gasteiger charge is -2.14. The Balaban J connectivity index is 2.22. The first kappa shape index (κ1) is 14.4. The maximum Gasteiger partial charge on any atom is 0.147 e. The van der Waals surface area contributed by atoms with Crippen molar-refractivity contribution in [2.45, 2.75) is 20.1 Å². The smallest absolute Gasteiger partial charge is 0.147 e. The van der Waals surface area contributed by atoms with Crippen LogP contribution in [-0.4, -0.2) is 9.55 Å². The molecule has 6 heteroatoms. The summed E-state index contributed by atoms with van der Waals surface area (Å²) in [5, 5.41) is 0.588. The molecule has 0 radical (unpaired) electrons. The lowest BCUT2D eigenvalue weighted by Crippen LogP contribution is -2.07. The minimum atomic E-state index is 0.360. The molecule has 19 heavy (non-hydrogen) atoms. The van der Waals surface area contributed by atoms with Crippen molar-refractivity contribution in [3.8, 4) is 5.75 Å². The second-order valence-electron chi connectivity index (χ2n) is 4.26. The number of hydrogen-bond donors (Lipinski definition) is 1. The highest BCUT2D eigenvalue weighted by Gasteiger charge is 2.10. The molecule has 2 rings (SSSR count). The lowest BCUT2D eigenvalue weighted by molar-refractivity contribution is 0.287. The number of nitrogens with zero attached hydrogens (tertiary/aromatic N) is 2. The standard InChI is InChI=1S/C13H15BrClN3O/c1-8-3-10(14)4-9(5-16)13(8)19-7-12-17-6-11(15)18(12)2/h3-4,6H,5,7,16H2,1-2H3. The zero-order valence-corrected chi connectivity index (χ0v) is 13.1. The van der Waals surface area contributed by atoms with Gasteiger partial charge in [0.1, 0.15) is 23.3 Å². The molecular weight excluding hydrogens is 330 g/mol. The Bertz CT molecular complexity index is 598. The minimum absolute atomic E-state index is 0.360. The van der Waals surface area contributed by atoms with Crippen LogP contribution in [0.25, 0.3) is 0 Å². The topological polar surface area (TPSA) is 53.1 Å². The Morgan fingerprint density at radius 1 is 1.47 bits per heavy atom. The van der Waals surface area contributed by atoms with Gasteiger partial charge < -0.3 is 15.0 Å². The number of benzene rings is 1. The van der Waals surface area contributed by atoms with Crippen molar-refractivity contribution in [1.82, 2.24) is 9.55 Å². The first-order valence-corrected chi connectivity index (χ1v) is 6.98. The predicted molar refractivity (Wildman–Crippen MR) is 79.3 cm³/mol. The number of aromatic nitrogens is 2. The van der Waals surface area contributed by atoms with E-state index in [9.17, 15) is 0 Å². The molecule has 0 saturated heterocycles. The van der Waals surface area contributed by atoms with Gasteiger partial charge in [-0.3, -0.25) is 0 Å². The highest BCUT2D eigenvalue weighted by Crippen LogP contribution is 2.28. The van der Waals surface area contributed by atoms with Crippen molar-refractivity contribution in [3.05, 3.63) is 44.9 Å². The minimum Gasteiger partial charge on any atom is -0.485 e. The number of nitrogens with two attached hydrogens (primary N) is 1. The fourth-order valence-corrected chi connectivity index (χ4v) is 2.62. The summed E-state index contributed by atoms with van der Waals surface area (Å²) in [5.41, 5.74) is 7.75. The van der Waals surface area contributed by atoms with Gasteiger partial charge in [0.25, 0.3) is 0 Å². The van der Waals surface area contributed by atoms with E-state index in [1.807, 2.05) is 26.1 Å². The van der Waals surface area contributed by atoms with Crippen LogP contribution in [0.15, 0.2) is 22.8 Å². The van der Waals surface area contributed by atoms with Gasteiger partial charge in [0.2, 0.25) is 0 Å². The number of ether oxygens (including phenoxy) is 1. The summed E-state index contributed by atoms with van der Waals surface area (Å²) in [6.07, 6.45) is 1.61. The lowest BCUT2D eigenvalue weighted by atomic mass is 10.1. The van der Waals surface area contributed by atoms with Gasteiger partial charge in [-0.05, 0) is 24.6 Å². The zero-order valence-electron chi connectivity index (χ0n) is 10.8.